The van der Waals surface area contributed by atoms with Crippen LogP contribution in [0.4, 0.5) is 4.79 Å². The molecule has 140 valence electrons. The average molecular weight is 379 g/mol. The predicted octanol–water partition coefficient (Wildman–Crippen LogP) is 1.01. The zero-order chi connectivity index (χ0) is 19.5. The normalized spacial score (nSPS) is 20.2. The van der Waals surface area contributed by atoms with Crippen molar-refractivity contribution < 1.29 is 23.9 Å². The number of esters is 1. The molecule has 0 aliphatic carbocycles. The van der Waals surface area contributed by atoms with E-state index in [1.807, 2.05) is 0 Å². The molecule has 2 rings (SSSR count). The molecule has 4 amide bonds. The highest BCUT2D eigenvalue weighted by atomic mass is 32.2. The van der Waals surface area contributed by atoms with Crippen LogP contribution in [0.15, 0.2) is 29.2 Å². The van der Waals surface area contributed by atoms with Crippen LogP contribution in [-0.2, 0) is 14.3 Å². The number of rotatable bonds is 6. The Morgan fingerprint density at radius 1 is 1.27 bits per heavy atom. The molecule has 0 spiro atoms. The smallest absolute Gasteiger partial charge is 0.340 e. The van der Waals surface area contributed by atoms with Crippen molar-refractivity contribution in [2.24, 2.45) is 0 Å². The van der Waals surface area contributed by atoms with Crippen molar-refractivity contribution in [1.82, 2.24) is 15.5 Å². The first-order valence-electron chi connectivity index (χ1n) is 7.91. The van der Waals surface area contributed by atoms with Crippen LogP contribution < -0.4 is 10.6 Å². The highest BCUT2D eigenvalue weighted by molar-refractivity contribution is 7.99. The van der Waals surface area contributed by atoms with E-state index in [2.05, 4.69) is 10.6 Å². The van der Waals surface area contributed by atoms with Crippen LogP contribution in [0.25, 0.3) is 0 Å². The van der Waals surface area contributed by atoms with Crippen LogP contribution in [0.1, 0.15) is 24.2 Å². The lowest BCUT2D eigenvalue weighted by Crippen LogP contribution is -2.46. The van der Waals surface area contributed by atoms with Gasteiger partial charge in [-0.3, -0.25) is 14.9 Å². The fourth-order valence-electron chi connectivity index (χ4n) is 2.30. The summed E-state index contributed by atoms with van der Waals surface area (Å²) in [6, 6.07) is 6.21. The number of ether oxygens (including phenoxy) is 1. The second-order valence-electron chi connectivity index (χ2n) is 6.31. The van der Waals surface area contributed by atoms with Gasteiger partial charge in [0.1, 0.15) is 5.54 Å². The highest BCUT2D eigenvalue weighted by Crippen LogP contribution is 2.28. The van der Waals surface area contributed by atoms with Crippen molar-refractivity contribution in [3.63, 3.8) is 0 Å². The number of hydrogen-bond donors (Lipinski definition) is 2. The fraction of sp³-hybridized carbons (Fsp3) is 0.412. The van der Waals surface area contributed by atoms with Crippen molar-refractivity contribution in [2.75, 3.05) is 19.8 Å². The summed E-state index contributed by atoms with van der Waals surface area (Å²) in [5, 5.41) is 4.77. The number of carbonyl (C=O) groups is 4. The van der Waals surface area contributed by atoms with Gasteiger partial charge in [0.2, 0.25) is 0 Å². The molecule has 1 aromatic carbocycles. The number of hydrogen-bond acceptors (Lipinski definition) is 6. The van der Waals surface area contributed by atoms with Gasteiger partial charge in [0.25, 0.3) is 11.8 Å². The predicted molar refractivity (Wildman–Crippen MR) is 95.8 cm³/mol. The molecule has 0 saturated carbocycles. The van der Waals surface area contributed by atoms with E-state index in [4.69, 9.17) is 4.74 Å². The first-order valence-corrected chi connectivity index (χ1v) is 8.90. The van der Waals surface area contributed by atoms with Crippen LogP contribution in [0, 0.1) is 0 Å². The zero-order valence-corrected chi connectivity index (χ0v) is 15.8. The minimum absolute atomic E-state index is 0.237. The number of nitrogens with one attached hydrogen (secondary N) is 2. The summed E-state index contributed by atoms with van der Waals surface area (Å²) in [5.41, 5.74) is -0.767. The average Bonchev–Trinajstić information content (AvgIpc) is 2.84. The summed E-state index contributed by atoms with van der Waals surface area (Å²) >= 11 is 1.25. The molecule has 26 heavy (non-hydrogen) atoms. The Balaban J connectivity index is 2.10. The summed E-state index contributed by atoms with van der Waals surface area (Å²) in [5.74, 6) is -1.12. The third-order valence-electron chi connectivity index (χ3n) is 3.81. The van der Waals surface area contributed by atoms with Gasteiger partial charge >= 0.3 is 12.0 Å². The lowest BCUT2D eigenvalue weighted by molar-refractivity contribution is -0.137. The third-order valence-corrected chi connectivity index (χ3v) is 5.20. The Morgan fingerprint density at radius 3 is 2.50 bits per heavy atom. The van der Waals surface area contributed by atoms with E-state index in [0.717, 1.165) is 0 Å². The van der Waals surface area contributed by atoms with Gasteiger partial charge in [0.05, 0.1) is 5.56 Å². The molecule has 1 saturated heterocycles. The van der Waals surface area contributed by atoms with Crippen LogP contribution in [0.2, 0.25) is 0 Å². The highest BCUT2D eigenvalue weighted by Gasteiger charge is 2.42. The maximum atomic E-state index is 12.4. The number of amides is 4. The summed E-state index contributed by atoms with van der Waals surface area (Å²) in [4.78, 5) is 49.5. The largest absolute Gasteiger partial charge is 0.449 e. The van der Waals surface area contributed by atoms with E-state index < -0.39 is 29.6 Å². The van der Waals surface area contributed by atoms with Gasteiger partial charge in [-0.05, 0) is 26.0 Å². The lowest BCUT2D eigenvalue weighted by atomic mass is 10.1. The number of likely N-dealkylation sites (N-methyl/N-ethyl adjacent to an activating group) is 1. The molecule has 8 nitrogen and oxygen atoms in total. The Morgan fingerprint density at radius 2 is 1.92 bits per heavy atom. The van der Waals surface area contributed by atoms with Crippen LogP contribution in [0.5, 0.6) is 0 Å². The summed E-state index contributed by atoms with van der Waals surface area (Å²) < 4.78 is 5.24. The molecule has 9 heteroatoms. The van der Waals surface area contributed by atoms with E-state index in [9.17, 15) is 19.2 Å². The lowest BCUT2D eigenvalue weighted by Gasteiger charge is -2.21. The van der Waals surface area contributed by atoms with E-state index in [-0.39, 0.29) is 11.7 Å². The summed E-state index contributed by atoms with van der Waals surface area (Å²) in [6.45, 7) is 3.12. The second kappa shape index (κ2) is 7.77. The Labute approximate surface area is 155 Å². The summed E-state index contributed by atoms with van der Waals surface area (Å²) in [6.07, 6.45) is -0.909. The molecular formula is C17H21N3O5S. The molecule has 2 atom stereocenters. The molecule has 1 aromatic rings. The van der Waals surface area contributed by atoms with Gasteiger partial charge in [-0.15, -0.1) is 11.8 Å². The Bertz CT molecular complexity index is 752. The van der Waals surface area contributed by atoms with Crippen LogP contribution in [-0.4, -0.2) is 60.2 Å². The van der Waals surface area contributed by atoms with E-state index in [1.165, 1.54) is 23.6 Å². The number of carbonyl (C=O) groups excluding carboxylic acids is 4. The maximum absolute atomic E-state index is 12.4. The first-order chi connectivity index (χ1) is 12.1. The minimum atomic E-state index is -1.06. The van der Waals surface area contributed by atoms with Crippen molar-refractivity contribution in [3.8, 4) is 0 Å². The molecule has 2 N–H and O–H groups in total. The van der Waals surface area contributed by atoms with Crippen molar-refractivity contribution in [3.05, 3.63) is 29.8 Å². The van der Waals surface area contributed by atoms with Crippen molar-refractivity contribution >= 4 is 35.6 Å². The van der Waals surface area contributed by atoms with Gasteiger partial charge in [0.15, 0.2) is 6.10 Å². The molecule has 1 aliphatic rings. The first kappa shape index (κ1) is 19.8. The number of thioether (sulfide) groups is 1. The third kappa shape index (κ3) is 4.34. The number of urea groups is 1. The molecule has 1 aliphatic heterocycles. The van der Waals surface area contributed by atoms with Crippen molar-refractivity contribution in [1.29, 1.82) is 0 Å². The Kier molecular flexibility index (Phi) is 5.91. The fourth-order valence-corrected chi connectivity index (χ4v) is 3.43. The van der Waals surface area contributed by atoms with Gasteiger partial charge in [-0.25, -0.2) is 9.59 Å². The number of benzene rings is 1. The minimum Gasteiger partial charge on any atom is -0.449 e. The summed E-state index contributed by atoms with van der Waals surface area (Å²) in [7, 11) is 3.16. The Hall–Kier alpha value is -2.55. The van der Waals surface area contributed by atoms with E-state index >= 15 is 0 Å². The molecule has 1 heterocycles. The van der Waals surface area contributed by atoms with E-state index in [1.54, 1.807) is 45.3 Å². The van der Waals surface area contributed by atoms with Crippen molar-refractivity contribution in [2.45, 2.75) is 30.4 Å². The molecule has 0 unspecified atom stereocenters. The van der Waals surface area contributed by atoms with Gasteiger partial charge in [0, 0.05) is 24.7 Å². The molecule has 0 bridgehead atoms. The maximum Gasteiger partial charge on any atom is 0.340 e. The number of nitrogens with zero attached hydrogens (tertiary/aromatic N) is 1. The quantitative estimate of drug-likeness (QED) is 0.434. The molecule has 1 fully saturated rings. The monoisotopic (exact) mass is 379 g/mol. The standard InChI is InChI=1S/C17H21N3O5S/c1-10(13(21)20(3)4)25-14(22)11-7-5-6-8-12(11)26-9-17(2)15(23)18-16(24)19-17/h5-8,10H,9H2,1-4H3,(H2,18,19,23,24)/t10-,17+/m1/s1. The van der Waals surface area contributed by atoms with Crippen LogP contribution in [0.3, 0.4) is 0 Å². The zero-order valence-electron chi connectivity index (χ0n) is 15.0. The topological polar surface area (TPSA) is 105 Å². The molecule has 0 radical (unpaired) electrons. The van der Waals surface area contributed by atoms with Crippen LogP contribution >= 0.6 is 11.8 Å². The van der Waals surface area contributed by atoms with E-state index in [0.29, 0.717) is 10.5 Å². The van der Waals surface area contributed by atoms with Gasteiger partial charge in [-0.1, -0.05) is 12.1 Å². The molecular weight excluding hydrogens is 358 g/mol. The second-order valence-corrected chi connectivity index (χ2v) is 7.32. The SMILES string of the molecule is C[C@@H](OC(=O)c1ccccc1SC[C@]1(C)NC(=O)NC1=O)C(=O)N(C)C. The van der Waals surface area contributed by atoms with Gasteiger partial charge < -0.3 is 15.0 Å². The van der Waals surface area contributed by atoms with Gasteiger partial charge in [-0.2, -0.15) is 0 Å². The molecule has 0 aromatic heterocycles. The number of imide groups is 1.